The van der Waals surface area contributed by atoms with E-state index in [1.165, 1.54) is 0 Å². The summed E-state index contributed by atoms with van der Waals surface area (Å²) in [4.78, 5) is 26.0. The van der Waals surface area contributed by atoms with E-state index in [1.54, 1.807) is 12.4 Å². The van der Waals surface area contributed by atoms with Crippen molar-refractivity contribution in [2.45, 2.75) is 19.0 Å². The maximum Gasteiger partial charge on any atom is 0.244 e. The highest BCUT2D eigenvalue weighted by Gasteiger charge is 2.29. The van der Waals surface area contributed by atoms with Crippen LogP contribution in [-0.4, -0.2) is 22.8 Å². The number of nitrogens with zero attached hydrogens (tertiary/aromatic N) is 1. The minimum absolute atomic E-state index is 0.216. The molecule has 1 aromatic rings. The quantitative estimate of drug-likeness (QED) is 0.658. The third-order valence-electron chi connectivity index (χ3n) is 2.27. The van der Waals surface area contributed by atoms with Crippen LogP contribution in [0.2, 0.25) is 0 Å². The summed E-state index contributed by atoms with van der Waals surface area (Å²) in [7, 11) is 0. The Bertz CT molecular complexity index is 378. The van der Waals surface area contributed by atoms with E-state index in [1.807, 2.05) is 12.1 Å². The number of rotatable bonds is 3. The smallest absolute Gasteiger partial charge is 0.244 e. The highest BCUT2D eigenvalue weighted by atomic mass is 16.2. The standard InChI is InChI=1S/C10H11N3O2/c14-9-5-8(10(15)13-9)12-6-7-1-3-11-4-2-7/h1-4,8,12H,5-6H2,(H,13,14,15). The topological polar surface area (TPSA) is 71.1 Å². The van der Waals surface area contributed by atoms with Crippen LogP contribution < -0.4 is 10.6 Å². The molecular weight excluding hydrogens is 194 g/mol. The molecule has 0 aromatic carbocycles. The molecule has 1 fully saturated rings. The van der Waals surface area contributed by atoms with Gasteiger partial charge < -0.3 is 5.32 Å². The van der Waals surface area contributed by atoms with Gasteiger partial charge in [-0.2, -0.15) is 0 Å². The molecule has 1 aromatic heterocycles. The summed E-state index contributed by atoms with van der Waals surface area (Å²) in [5, 5.41) is 5.27. The van der Waals surface area contributed by atoms with E-state index in [0.717, 1.165) is 5.56 Å². The maximum absolute atomic E-state index is 11.2. The molecule has 78 valence electrons. The number of carbonyl (C=O) groups excluding carboxylic acids is 2. The average Bonchev–Trinajstić information content (AvgIpc) is 2.56. The number of aromatic nitrogens is 1. The Morgan fingerprint density at radius 3 is 2.73 bits per heavy atom. The number of carbonyl (C=O) groups is 2. The molecule has 2 heterocycles. The molecular formula is C10H11N3O2. The lowest BCUT2D eigenvalue weighted by molar-refractivity contribution is -0.125. The largest absolute Gasteiger partial charge is 0.301 e. The van der Waals surface area contributed by atoms with Gasteiger partial charge in [-0.3, -0.25) is 19.9 Å². The molecule has 0 spiro atoms. The molecule has 2 N–H and O–H groups in total. The first-order valence-electron chi connectivity index (χ1n) is 4.71. The molecule has 1 unspecified atom stereocenters. The molecule has 1 atom stereocenters. The molecule has 5 heteroatoms. The van der Waals surface area contributed by atoms with Gasteiger partial charge in [0, 0.05) is 18.9 Å². The summed E-state index contributed by atoms with van der Waals surface area (Å²) in [5.74, 6) is -0.457. The number of hydrogen-bond donors (Lipinski definition) is 2. The summed E-state index contributed by atoms with van der Waals surface area (Å²) in [5.41, 5.74) is 1.04. The Morgan fingerprint density at radius 1 is 1.40 bits per heavy atom. The maximum atomic E-state index is 11.2. The normalized spacial score (nSPS) is 20.4. The molecule has 2 rings (SSSR count). The van der Waals surface area contributed by atoms with Gasteiger partial charge >= 0.3 is 0 Å². The van der Waals surface area contributed by atoms with Gasteiger partial charge in [-0.15, -0.1) is 0 Å². The van der Waals surface area contributed by atoms with Gasteiger partial charge in [0.05, 0.1) is 12.5 Å². The van der Waals surface area contributed by atoms with Crippen LogP contribution in [0.4, 0.5) is 0 Å². The predicted octanol–water partition coefficient (Wildman–Crippen LogP) is -0.414. The van der Waals surface area contributed by atoms with E-state index in [-0.39, 0.29) is 18.2 Å². The number of pyridine rings is 1. The van der Waals surface area contributed by atoms with Crippen LogP contribution in [-0.2, 0) is 16.1 Å². The molecule has 0 radical (unpaired) electrons. The minimum Gasteiger partial charge on any atom is -0.301 e. The van der Waals surface area contributed by atoms with Crippen LogP contribution in [0.15, 0.2) is 24.5 Å². The third kappa shape index (κ3) is 2.38. The van der Waals surface area contributed by atoms with Crippen molar-refractivity contribution in [1.29, 1.82) is 0 Å². The lowest BCUT2D eigenvalue weighted by Gasteiger charge is -2.08. The first kappa shape index (κ1) is 9.79. The SMILES string of the molecule is O=C1CC(NCc2ccncc2)C(=O)N1. The van der Waals surface area contributed by atoms with Crippen LogP contribution in [0.25, 0.3) is 0 Å². The summed E-state index contributed by atoms with van der Waals surface area (Å²) < 4.78 is 0. The zero-order valence-corrected chi connectivity index (χ0v) is 8.06. The van der Waals surface area contributed by atoms with Gasteiger partial charge in [0.2, 0.25) is 11.8 Å². The van der Waals surface area contributed by atoms with Crippen LogP contribution in [0.3, 0.4) is 0 Å². The van der Waals surface area contributed by atoms with Crippen LogP contribution in [0.5, 0.6) is 0 Å². The highest BCUT2D eigenvalue weighted by molar-refractivity contribution is 6.05. The summed E-state index contributed by atoms with van der Waals surface area (Å²) in [6.45, 7) is 0.563. The first-order chi connectivity index (χ1) is 7.25. The van der Waals surface area contributed by atoms with Crippen LogP contribution in [0.1, 0.15) is 12.0 Å². The van der Waals surface area contributed by atoms with Crippen LogP contribution >= 0.6 is 0 Å². The Labute approximate surface area is 86.9 Å². The Morgan fingerprint density at radius 2 is 2.13 bits per heavy atom. The van der Waals surface area contributed by atoms with E-state index >= 15 is 0 Å². The van der Waals surface area contributed by atoms with Gasteiger partial charge in [0.25, 0.3) is 0 Å². The number of nitrogens with one attached hydrogen (secondary N) is 2. The molecule has 0 bridgehead atoms. The highest BCUT2D eigenvalue weighted by Crippen LogP contribution is 2.03. The van der Waals surface area contributed by atoms with Crippen molar-refractivity contribution in [1.82, 2.24) is 15.6 Å². The van der Waals surface area contributed by atoms with Gasteiger partial charge in [-0.1, -0.05) is 0 Å². The summed E-state index contributed by atoms with van der Waals surface area (Å²) in [6, 6.07) is 3.33. The zero-order valence-electron chi connectivity index (χ0n) is 8.06. The van der Waals surface area contributed by atoms with E-state index in [9.17, 15) is 9.59 Å². The lowest BCUT2D eigenvalue weighted by Crippen LogP contribution is -2.35. The summed E-state index contributed by atoms with van der Waals surface area (Å²) in [6.07, 6.45) is 3.61. The van der Waals surface area contributed by atoms with E-state index < -0.39 is 6.04 Å². The second-order valence-electron chi connectivity index (χ2n) is 3.41. The second kappa shape index (κ2) is 4.18. The first-order valence-corrected chi connectivity index (χ1v) is 4.71. The number of imide groups is 1. The van der Waals surface area contributed by atoms with E-state index in [0.29, 0.717) is 6.54 Å². The number of amides is 2. The van der Waals surface area contributed by atoms with Crippen molar-refractivity contribution in [3.8, 4) is 0 Å². The Kier molecular flexibility index (Phi) is 2.73. The Balaban J connectivity index is 1.89. The van der Waals surface area contributed by atoms with Crippen molar-refractivity contribution in [2.24, 2.45) is 0 Å². The molecule has 2 amide bonds. The zero-order chi connectivity index (χ0) is 10.7. The van der Waals surface area contributed by atoms with Crippen molar-refractivity contribution >= 4 is 11.8 Å². The fourth-order valence-corrected chi connectivity index (χ4v) is 1.46. The predicted molar refractivity (Wildman–Crippen MR) is 52.6 cm³/mol. The molecule has 5 nitrogen and oxygen atoms in total. The van der Waals surface area contributed by atoms with Gasteiger partial charge in [-0.05, 0) is 17.7 Å². The van der Waals surface area contributed by atoms with Crippen molar-refractivity contribution in [2.75, 3.05) is 0 Å². The van der Waals surface area contributed by atoms with Crippen molar-refractivity contribution in [3.05, 3.63) is 30.1 Å². The molecule has 0 saturated carbocycles. The fraction of sp³-hybridized carbons (Fsp3) is 0.300. The molecule has 0 aliphatic carbocycles. The Hall–Kier alpha value is -1.75. The minimum atomic E-state index is -0.398. The molecule has 1 aliphatic rings. The van der Waals surface area contributed by atoms with Gasteiger partial charge in [0.1, 0.15) is 0 Å². The second-order valence-corrected chi connectivity index (χ2v) is 3.41. The monoisotopic (exact) mass is 205 g/mol. The van der Waals surface area contributed by atoms with Crippen molar-refractivity contribution < 1.29 is 9.59 Å². The van der Waals surface area contributed by atoms with E-state index in [4.69, 9.17) is 0 Å². The van der Waals surface area contributed by atoms with E-state index in [2.05, 4.69) is 15.6 Å². The lowest BCUT2D eigenvalue weighted by atomic mass is 10.2. The fourth-order valence-electron chi connectivity index (χ4n) is 1.46. The van der Waals surface area contributed by atoms with Crippen LogP contribution in [0, 0.1) is 0 Å². The van der Waals surface area contributed by atoms with Gasteiger partial charge in [0.15, 0.2) is 0 Å². The van der Waals surface area contributed by atoms with Crippen molar-refractivity contribution in [3.63, 3.8) is 0 Å². The molecule has 15 heavy (non-hydrogen) atoms. The molecule has 1 aliphatic heterocycles. The van der Waals surface area contributed by atoms with Gasteiger partial charge in [-0.25, -0.2) is 0 Å². The molecule has 1 saturated heterocycles. The summed E-state index contributed by atoms with van der Waals surface area (Å²) >= 11 is 0. The third-order valence-corrected chi connectivity index (χ3v) is 2.27. The average molecular weight is 205 g/mol. The number of hydrogen-bond acceptors (Lipinski definition) is 4.